The molecule has 0 amide bonds. The Morgan fingerprint density at radius 3 is 2.50 bits per heavy atom. The fourth-order valence-corrected chi connectivity index (χ4v) is 2.54. The van der Waals surface area contributed by atoms with E-state index in [0.29, 0.717) is 19.3 Å². The van der Waals surface area contributed by atoms with E-state index < -0.39 is 5.60 Å². The largest absolute Gasteiger partial charge is 0.382 e. The van der Waals surface area contributed by atoms with E-state index in [4.69, 9.17) is 0 Å². The molecule has 94 valence electrons. The SMILES string of the molecule is CCCCCCCCC1(O)CCCCC1=O. The van der Waals surface area contributed by atoms with E-state index in [-0.39, 0.29) is 5.78 Å². The Hall–Kier alpha value is -0.370. The molecule has 1 atom stereocenters. The summed E-state index contributed by atoms with van der Waals surface area (Å²) < 4.78 is 0. The molecule has 0 aromatic heterocycles. The topological polar surface area (TPSA) is 37.3 Å². The van der Waals surface area contributed by atoms with Crippen LogP contribution >= 0.6 is 0 Å². The maximum atomic E-state index is 11.6. The van der Waals surface area contributed by atoms with Crippen LogP contribution in [0.2, 0.25) is 0 Å². The van der Waals surface area contributed by atoms with Gasteiger partial charge in [-0.15, -0.1) is 0 Å². The number of aliphatic hydroxyl groups is 1. The summed E-state index contributed by atoms with van der Waals surface area (Å²) in [6, 6.07) is 0. The molecule has 1 unspecified atom stereocenters. The molecule has 0 aromatic carbocycles. The second kappa shape index (κ2) is 7.05. The lowest BCUT2D eigenvalue weighted by molar-refractivity contribution is -0.141. The van der Waals surface area contributed by atoms with E-state index in [1.165, 1.54) is 25.7 Å². The second-order valence-corrected chi connectivity index (χ2v) is 5.18. The van der Waals surface area contributed by atoms with Crippen molar-refractivity contribution >= 4 is 5.78 Å². The first-order chi connectivity index (χ1) is 7.69. The molecule has 2 nitrogen and oxygen atoms in total. The number of Topliss-reactive ketones (excluding diaryl/α,β-unsaturated/α-hetero) is 1. The average molecular weight is 226 g/mol. The minimum absolute atomic E-state index is 0.0901. The van der Waals surface area contributed by atoms with E-state index in [1.807, 2.05) is 0 Å². The first kappa shape index (κ1) is 13.7. The predicted octanol–water partition coefficient (Wildman–Crippen LogP) is 3.61. The molecule has 1 aliphatic carbocycles. The molecular formula is C14H26O2. The van der Waals surface area contributed by atoms with Crippen LogP contribution in [0.15, 0.2) is 0 Å². The minimum atomic E-state index is -0.955. The molecule has 0 spiro atoms. The smallest absolute Gasteiger partial charge is 0.164 e. The summed E-state index contributed by atoms with van der Waals surface area (Å²) in [7, 11) is 0. The molecule has 0 heterocycles. The molecule has 0 bridgehead atoms. The fraction of sp³-hybridized carbons (Fsp3) is 0.929. The third kappa shape index (κ3) is 4.25. The van der Waals surface area contributed by atoms with Crippen molar-refractivity contribution < 1.29 is 9.90 Å². The Morgan fingerprint density at radius 1 is 1.12 bits per heavy atom. The second-order valence-electron chi connectivity index (χ2n) is 5.18. The third-order valence-corrected chi connectivity index (χ3v) is 3.71. The molecule has 1 aliphatic rings. The van der Waals surface area contributed by atoms with Crippen LogP contribution in [0.1, 0.15) is 77.6 Å². The zero-order valence-electron chi connectivity index (χ0n) is 10.6. The van der Waals surface area contributed by atoms with Gasteiger partial charge in [0.2, 0.25) is 0 Å². The van der Waals surface area contributed by atoms with Crippen molar-refractivity contribution in [3.63, 3.8) is 0 Å². The monoisotopic (exact) mass is 226 g/mol. The summed E-state index contributed by atoms with van der Waals surface area (Å²) >= 11 is 0. The quantitative estimate of drug-likeness (QED) is 0.673. The molecule has 0 radical (unpaired) electrons. The van der Waals surface area contributed by atoms with E-state index >= 15 is 0 Å². The van der Waals surface area contributed by atoms with Crippen LogP contribution in [0.4, 0.5) is 0 Å². The van der Waals surface area contributed by atoms with Crippen LogP contribution in [0.3, 0.4) is 0 Å². The highest BCUT2D eigenvalue weighted by molar-refractivity contribution is 5.87. The Morgan fingerprint density at radius 2 is 1.81 bits per heavy atom. The zero-order valence-corrected chi connectivity index (χ0v) is 10.6. The van der Waals surface area contributed by atoms with Crippen LogP contribution in [0.5, 0.6) is 0 Å². The van der Waals surface area contributed by atoms with Gasteiger partial charge in [-0.2, -0.15) is 0 Å². The van der Waals surface area contributed by atoms with Gasteiger partial charge in [0.25, 0.3) is 0 Å². The summed E-state index contributed by atoms with van der Waals surface area (Å²) in [6.07, 6.45) is 11.2. The molecule has 0 saturated heterocycles. The Labute approximate surface area is 99.4 Å². The molecule has 0 aromatic rings. The number of ketones is 1. The number of unbranched alkanes of at least 4 members (excludes halogenated alkanes) is 5. The van der Waals surface area contributed by atoms with Gasteiger partial charge in [0.15, 0.2) is 5.78 Å². The zero-order chi connectivity index (χ0) is 11.9. The molecular weight excluding hydrogens is 200 g/mol. The first-order valence-corrected chi connectivity index (χ1v) is 6.95. The van der Waals surface area contributed by atoms with Crippen LogP contribution in [0, 0.1) is 0 Å². The highest BCUT2D eigenvalue weighted by Gasteiger charge is 2.36. The lowest BCUT2D eigenvalue weighted by Gasteiger charge is -2.30. The Balaban J connectivity index is 2.13. The van der Waals surface area contributed by atoms with E-state index in [9.17, 15) is 9.90 Å². The molecule has 1 N–H and O–H groups in total. The minimum Gasteiger partial charge on any atom is -0.382 e. The van der Waals surface area contributed by atoms with Crippen LogP contribution < -0.4 is 0 Å². The average Bonchev–Trinajstić information content (AvgIpc) is 2.28. The summed E-state index contributed by atoms with van der Waals surface area (Å²) in [5.74, 6) is 0.0901. The van der Waals surface area contributed by atoms with Gasteiger partial charge in [-0.3, -0.25) is 4.79 Å². The van der Waals surface area contributed by atoms with Gasteiger partial charge in [0.05, 0.1) is 0 Å². The van der Waals surface area contributed by atoms with E-state index in [2.05, 4.69) is 6.92 Å². The van der Waals surface area contributed by atoms with Gasteiger partial charge < -0.3 is 5.11 Å². The standard InChI is InChI=1S/C14H26O2/c1-2-3-4-5-6-8-11-14(16)12-9-7-10-13(14)15/h16H,2-12H2,1H3. The van der Waals surface area contributed by atoms with Crippen molar-refractivity contribution in [2.45, 2.75) is 83.2 Å². The predicted molar refractivity (Wildman–Crippen MR) is 66.4 cm³/mol. The van der Waals surface area contributed by atoms with Gasteiger partial charge in [-0.1, -0.05) is 45.4 Å². The number of hydrogen-bond acceptors (Lipinski definition) is 2. The van der Waals surface area contributed by atoms with E-state index in [1.54, 1.807) is 0 Å². The summed E-state index contributed by atoms with van der Waals surface area (Å²) in [5, 5.41) is 10.2. The summed E-state index contributed by atoms with van der Waals surface area (Å²) in [4.78, 5) is 11.6. The van der Waals surface area contributed by atoms with Crippen molar-refractivity contribution in [2.24, 2.45) is 0 Å². The number of carbonyl (C=O) groups is 1. The third-order valence-electron chi connectivity index (χ3n) is 3.71. The van der Waals surface area contributed by atoms with Crippen LogP contribution in [-0.4, -0.2) is 16.5 Å². The fourth-order valence-electron chi connectivity index (χ4n) is 2.54. The summed E-state index contributed by atoms with van der Waals surface area (Å²) in [6.45, 7) is 2.21. The van der Waals surface area contributed by atoms with Gasteiger partial charge in [-0.05, 0) is 25.7 Å². The highest BCUT2D eigenvalue weighted by atomic mass is 16.3. The van der Waals surface area contributed by atoms with Gasteiger partial charge in [-0.25, -0.2) is 0 Å². The number of rotatable bonds is 7. The Kier molecular flexibility index (Phi) is 6.04. The van der Waals surface area contributed by atoms with Crippen LogP contribution in [0.25, 0.3) is 0 Å². The van der Waals surface area contributed by atoms with Gasteiger partial charge in [0.1, 0.15) is 5.60 Å². The Bertz CT molecular complexity index is 213. The highest BCUT2D eigenvalue weighted by Crippen LogP contribution is 2.29. The maximum absolute atomic E-state index is 11.6. The van der Waals surface area contributed by atoms with Gasteiger partial charge >= 0.3 is 0 Å². The van der Waals surface area contributed by atoms with Crippen molar-refractivity contribution in [3.05, 3.63) is 0 Å². The molecule has 1 fully saturated rings. The molecule has 16 heavy (non-hydrogen) atoms. The van der Waals surface area contributed by atoms with Crippen molar-refractivity contribution in [2.75, 3.05) is 0 Å². The summed E-state index contributed by atoms with van der Waals surface area (Å²) in [5.41, 5.74) is -0.955. The van der Waals surface area contributed by atoms with Crippen LogP contribution in [-0.2, 0) is 4.79 Å². The molecule has 2 heteroatoms. The normalized spacial score (nSPS) is 26.0. The lowest BCUT2D eigenvalue weighted by Crippen LogP contribution is -2.41. The molecule has 0 aliphatic heterocycles. The van der Waals surface area contributed by atoms with Crippen molar-refractivity contribution in [3.8, 4) is 0 Å². The van der Waals surface area contributed by atoms with E-state index in [0.717, 1.165) is 25.7 Å². The lowest BCUT2D eigenvalue weighted by atomic mass is 9.80. The van der Waals surface area contributed by atoms with Gasteiger partial charge in [0, 0.05) is 6.42 Å². The first-order valence-electron chi connectivity index (χ1n) is 6.95. The number of hydrogen-bond donors (Lipinski definition) is 1. The number of carbonyl (C=O) groups excluding carboxylic acids is 1. The molecule has 1 rings (SSSR count). The maximum Gasteiger partial charge on any atom is 0.164 e. The van der Waals surface area contributed by atoms with Crippen molar-refractivity contribution in [1.82, 2.24) is 0 Å². The molecule has 1 saturated carbocycles. The van der Waals surface area contributed by atoms with Crippen molar-refractivity contribution in [1.29, 1.82) is 0 Å².